The molecule has 0 unspecified atom stereocenters. The zero-order valence-corrected chi connectivity index (χ0v) is 22.4. The van der Waals surface area contributed by atoms with E-state index in [4.69, 9.17) is 39.5 Å². The molecule has 1 heterocycles. The summed E-state index contributed by atoms with van der Waals surface area (Å²) >= 11 is 18.8. The molecular formula is C27H20Cl3N3O5. The van der Waals surface area contributed by atoms with Gasteiger partial charge in [-0.05, 0) is 73.0 Å². The van der Waals surface area contributed by atoms with Gasteiger partial charge in [-0.3, -0.25) is 19.7 Å². The molecule has 5 amide bonds. The smallest absolute Gasteiger partial charge is 0.335 e. The van der Waals surface area contributed by atoms with Gasteiger partial charge in [0.05, 0.1) is 15.7 Å². The van der Waals surface area contributed by atoms with Crippen molar-refractivity contribution in [3.05, 3.63) is 91.9 Å². The number of ether oxygens (including phenoxy) is 1. The van der Waals surface area contributed by atoms with Crippen molar-refractivity contribution in [2.75, 3.05) is 16.8 Å². The number of nitrogens with zero attached hydrogens (tertiary/aromatic N) is 1. The summed E-state index contributed by atoms with van der Waals surface area (Å²) in [6, 6.07) is 14.0. The van der Waals surface area contributed by atoms with Crippen LogP contribution in [0.5, 0.6) is 5.75 Å². The van der Waals surface area contributed by atoms with Crippen LogP contribution in [0, 0.1) is 13.8 Å². The summed E-state index contributed by atoms with van der Waals surface area (Å²) in [6.45, 7) is 3.20. The first-order chi connectivity index (χ1) is 18.0. The zero-order chi connectivity index (χ0) is 27.6. The first-order valence-electron chi connectivity index (χ1n) is 11.2. The topological polar surface area (TPSA) is 105 Å². The number of benzene rings is 3. The van der Waals surface area contributed by atoms with Gasteiger partial charge in [0.25, 0.3) is 17.7 Å². The number of hydrogen-bond donors (Lipinski definition) is 2. The Morgan fingerprint density at radius 1 is 0.974 bits per heavy atom. The van der Waals surface area contributed by atoms with E-state index in [0.29, 0.717) is 21.8 Å². The van der Waals surface area contributed by atoms with E-state index in [9.17, 15) is 19.2 Å². The van der Waals surface area contributed by atoms with Gasteiger partial charge >= 0.3 is 6.03 Å². The molecule has 0 aromatic heterocycles. The molecule has 0 radical (unpaired) electrons. The Morgan fingerprint density at radius 3 is 2.34 bits per heavy atom. The number of amides is 5. The van der Waals surface area contributed by atoms with Gasteiger partial charge in [0.2, 0.25) is 0 Å². The minimum absolute atomic E-state index is 0.0509. The summed E-state index contributed by atoms with van der Waals surface area (Å²) in [6.07, 6.45) is 1.25. The van der Waals surface area contributed by atoms with Crippen molar-refractivity contribution < 1.29 is 23.9 Å². The molecule has 4 rings (SSSR count). The molecule has 8 nitrogen and oxygen atoms in total. The molecule has 1 saturated heterocycles. The first kappa shape index (κ1) is 27.2. The number of imide groups is 2. The number of halogens is 3. The molecule has 0 bridgehead atoms. The molecule has 1 fully saturated rings. The number of hydrogen-bond acceptors (Lipinski definition) is 5. The number of carbonyl (C=O) groups excluding carboxylic acids is 4. The van der Waals surface area contributed by atoms with Gasteiger partial charge in [-0.2, -0.15) is 0 Å². The van der Waals surface area contributed by atoms with Crippen LogP contribution < -0.4 is 20.3 Å². The lowest BCUT2D eigenvalue weighted by Crippen LogP contribution is -2.54. The Bertz CT molecular complexity index is 1500. The maximum absolute atomic E-state index is 13.2. The average molecular weight is 573 g/mol. The molecule has 11 heteroatoms. The van der Waals surface area contributed by atoms with Crippen LogP contribution in [0.1, 0.15) is 16.7 Å². The maximum atomic E-state index is 13.2. The summed E-state index contributed by atoms with van der Waals surface area (Å²) < 4.78 is 5.52. The fourth-order valence-corrected chi connectivity index (χ4v) is 4.52. The van der Waals surface area contributed by atoms with E-state index in [1.165, 1.54) is 18.2 Å². The molecule has 3 aromatic rings. The van der Waals surface area contributed by atoms with Crippen LogP contribution in [0.2, 0.25) is 15.1 Å². The number of nitrogens with one attached hydrogen (secondary N) is 2. The molecule has 1 aliphatic heterocycles. The van der Waals surface area contributed by atoms with E-state index < -0.39 is 23.8 Å². The Balaban J connectivity index is 1.55. The Hall–Kier alpha value is -3.85. The third-order valence-corrected chi connectivity index (χ3v) is 6.53. The highest BCUT2D eigenvalue weighted by atomic mass is 35.5. The number of aryl methyl sites for hydroxylation is 1. The maximum Gasteiger partial charge on any atom is 0.335 e. The lowest BCUT2D eigenvalue weighted by Gasteiger charge is -2.27. The average Bonchev–Trinajstić information content (AvgIpc) is 2.84. The van der Waals surface area contributed by atoms with Gasteiger partial charge in [-0.1, -0.05) is 53.0 Å². The van der Waals surface area contributed by atoms with Crippen LogP contribution in [-0.4, -0.2) is 30.4 Å². The van der Waals surface area contributed by atoms with Crippen LogP contribution in [0.4, 0.5) is 16.2 Å². The van der Waals surface area contributed by atoms with Gasteiger partial charge in [0, 0.05) is 10.7 Å². The normalized spacial score (nSPS) is 14.5. The highest BCUT2D eigenvalue weighted by molar-refractivity contribution is 6.40. The van der Waals surface area contributed by atoms with Crippen molar-refractivity contribution in [2.45, 2.75) is 13.8 Å². The SMILES string of the molecule is Cc1cccc(NC(=O)COc2c(Cl)cc(/C=C3/C(=O)NC(=O)N(c4cccc(Cl)c4C)C3=O)cc2Cl)c1. The molecule has 2 N–H and O–H groups in total. The predicted octanol–water partition coefficient (Wildman–Crippen LogP) is 5.95. The van der Waals surface area contributed by atoms with Gasteiger partial charge in [-0.15, -0.1) is 0 Å². The molecule has 0 aliphatic carbocycles. The van der Waals surface area contributed by atoms with Crippen LogP contribution >= 0.6 is 34.8 Å². The van der Waals surface area contributed by atoms with Crippen molar-refractivity contribution in [1.29, 1.82) is 0 Å². The molecule has 194 valence electrons. The summed E-state index contributed by atoms with van der Waals surface area (Å²) in [7, 11) is 0. The zero-order valence-electron chi connectivity index (χ0n) is 20.1. The van der Waals surface area contributed by atoms with Gasteiger partial charge in [-0.25, -0.2) is 9.69 Å². The standard InChI is InChI=1S/C27H20Cl3N3O5/c1-14-5-3-6-17(9-14)31-23(34)13-38-24-20(29)11-16(12-21(24)30)10-18-25(35)32-27(37)33(26(18)36)22-8-4-7-19(28)15(22)2/h3-12H,13H2,1-2H3,(H,31,34)(H,32,35,37)/b18-10-. The highest BCUT2D eigenvalue weighted by Crippen LogP contribution is 2.36. The Morgan fingerprint density at radius 2 is 1.66 bits per heavy atom. The first-order valence-corrected chi connectivity index (χ1v) is 12.3. The van der Waals surface area contributed by atoms with E-state index in [1.54, 1.807) is 31.2 Å². The quantitative estimate of drug-likeness (QED) is 0.281. The lowest BCUT2D eigenvalue weighted by atomic mass is 10.1. The third kappa shape index (κ3) is 5.83. The second kappa shape index (κ2) is 11.3. The Kier molecular flexibility index (Phi) is 8.06. The van der Waals surface area contributed by atoms with Crippen molar-refractivity contribution in [1.82, 2.24) is 5.32 Å². The van der Waals surface area contributed by atoms with E-state index in [-0.39, 0.29) is 33.7 Å². The summed E-state index contributed by atoms with van der Waals surface area (Å²) in [5, 5.41) is 5.32. The van der Waals surface area contributed by atoms with Crippen molar-refractivity contribution in [3.8, 4) is 5.75 Å². The monoisotopic (exact) mass is 571 g/mol. The molecule has 0 spiro atoms. The van der Waals surface area contributed by atoms with Gasteiger partial charge in [0.1, 0.15) is 5.57 Å². The molecule has 38 heavy (non-hydrogen) atoms. The minimum Gasteiger partial charge on any atom is -0.481 e. The molecule has 1 aliphatic rings. The van der Waals surface area contributed by atoms with Crippen LogP contribution in [0.3, 0.4) is 0 Å². The van der Waals surface area contributed by atoms with Crippen LogP contribution in [-0.2, 0) is 14.4 Å². The second-order valence-electron chi connectivity index (χ2n) is 8.36. The van der Waals surface area contributed by atoms with Crippen LogP contribution in [0.25, 0.3) is 6.08 Å². The van der Waals surface area contributed by atoms with Crippen LogP contribution in [0.15, 0.2) is 60.2 Å². The fraction of sp³-hybridized carbons (Fsp3) is 0.111. The minimum atomic E-state index is -0.897. The predicted molar refractivity (Wildman–Crippen MR) is 147 cm³/mol. The summed E-state index contributed by atoms with van der Waals surface area (Å²) in [5.74, 6) is -2.08. The third-order valence-electron chi connectivity index (χ3n) is 5.56. The largest absolute Gasteiger partial charge is 0.481 e. The molecule has 3 aromatic carbocycles. The summed E-state index contributed by atoms with van der Waals surface area (Å²) in [5.41, 5.74) is 2.32. The summed E-state index contributed by atoms with van der Waals surface area (Å²) in [4.78, 5) is 51.3. The van der Waals surface area contributed by atoms with Crippen molar-refractivity contribution in [2.24, 2.45) is 0 Å². The number of barbiturate groups is 1. The second-order valence-corrected chi connectivity index (χ2v) is 9.58. The number of carbonyl (C=O) groups is 4. The van der Waals surface area contributed by atoms with E-state index in [1.807, 2.05) is 25.1 Å². The fourth-order valence-electron chi connectivity index (χ4n) is 3.74. The van der Waals surface area contributed by atoms with Gasteiger partial charge in [0.15, 0.2) is 12.4 Å². The Labute approximate surface area is 233 Å². The number of urea groups is 1. The van der Waals surface area contributed by atoms with Crippen molar-refractivity contribution >= 4 is 76.0 Å². The van der Waals surface area contributed by atoms with E-state index in [2.05, 4.69) is 10.6 Å². The molecule has 0 saturated carbocycles. The highest BCUT2D eigenvalue weighted by Gasteiger charge is 2.37. The molecule has 0 atom stereocenters. The van der Waals surface area contributed by atoms with Gasteiger partial charge < -0.3 is 10.1 Å². The van der Waals surface area contributed by atoms with E-state index >= 15 is 0 Å². The van der Waals surface area contributed by atoms with E-state index in [0.717, 1.165) is 10.5 Å². The number of rotatable bonds is 6. The molecular weight excluding hydrogens is 553 g/mol. The number of anilines is 2. The lowest BCUT2D eigenvalue weighted by molar-refractivity contribution is -0.122. The van der Waals surface area contributed by atoms with Crippen molar-refractivity contribution in [3.63, 3.8) is 0 Å².